The maximum atomic E-state index is 13.5. The molecule has 1 heterocycles. The summed E-state index contributed by atoms with van der Waals surface area (Å²) in [4.78, 5) is 63.7. The van der Waals surface area contributed by atoms with Crippen LogP contribution in [0.25, 0.3) is 0 Å². The number of ketones is 1. The molecular weight excluding hydrogens is 592 g/mol. The molecule has 0 saturated carbocycles. The van der Waals surface area contributed by atoms with Gasteiger partial charge in [-0.1, -0.05) is 70.1 Å². The highest BCUT2D eigenvalue weighted by molar-refractivity contribution is 6.55. The number of rotatable bonds is 6. The number of nitrogens with zero attached hydrogens (tertiary/aromatic N) is 3. The largest absolute Gasteiger partial charge is 0.292 e. The minimum atomic E-state index is -1.08. The summed E-state index contributed by atoms with van der Waals surface area (Å²) in [6, 6.07) is 10.3. The van der Waals surface area contributed by atoms with Gasteiger partial charge in [0.2, 0.25) is 0 Å². The number of fused-ring (bicyclic) bond motifs is 1. The average Bonchev–Trinajstić information content (AvgIpc) is 3.14. The van der Waals surface area contributed by atoms with E-state index >= 15 is 0 Å². The van der Waals surface area contributed by atoms with Crippen LogP contribution in [0.1, 0.15) is 41.4 Å². The van der Waals surface area contributed by atoms with Crippen molar-refractivity contribution in [3.63, 3.8) is 0 Å². The molecule has 14 heteroatoms. The predicted octanol–water partition coefficient (Wildman–Crippen LogP) is 6.40. The fraction of sp³-hybridized carbons (Fsp3) is 0.0435. The Bertz CT molecular complexity index is 1480. The first-order valence-corrected chi connectivity index (χ1v) is 11.9. The van der Waals surface area contributed by atoms with Crippen molar-refractivity contribution in [2.75, 3.05) is 6.54 Å². The molecule has 0 spiro atoms. The molecular formula is C23H10Cl5N3O6. The molecule has 0 saturated heterocycles. The Hall–Kier alpha value is -3.21. The molecule has 0 aliphatic carbocycles. The van der Waals surface area contributed by atoms with Crippen molar-refractivity contribution in [3.05, 3.63) is 106 Å². The summed E-state index contributed by atoms with van der Waals surface area (Å²) in [7, 11) is 0. The van der Waals surface area contributed by atoms with Gasteiger partial charge in [0.05, 0.1) is 46.7 Å². The van der Waals surface area contributed by atoms with Crippen LogP contribution in [0.2, 0.25) is 25.1 Å². The Morgan fingerprint density at radius 1 is 0.811 bits per heavy atom. The number of carbonyl (C=O) groups is 4. The minimum Gasteiger partial charge on any atom is -0.292 e. The van der Waals surface area contributed by atoms with Gasteiger partial charge < -0.3 is 0 Å². The van der Waals surface area contributed by atoms with Crippen molar-refractivity contribution in [2.45, 2.75) is 0 Å². The van der Waals surface area contributed by atoms with E-state index in [4.69, 9.17) is 58.0 Å². The van der Waals surface area contributed by atoms with Gasteiger partial charge in [-0.3, -0.25) is 29.3 Å². The Morgan fingerprint density at radius 2 is 1.32 bits per heavy atom. The molecule has 9 nitrogen and oxygen atoms in total. The van der Waals surface area contributed by atoms with E-state index in [-0.39, 0.29) is 41.9 Å². The Kier molecular flexibility index (Phi) is 7.45. The van der Waals surface area contributed by atoms with Crippen LogP contribution in [-0.2, 0) is 0 Å². The molecule has 1 aliphatic rings. The van der Waals surface area contributed by atoms with Gasteiger partial charge in [0.15, 0.2) is 5.78 Å². The number of hydrogen-bond acceptors (Lipinski definition) is 6. The Morgan fingerprint density at radius 3 is 1.81 bits per heavy atom. The molecule has 1 aliphatic heterocycles. The summed E-state index contributed by atoms with van der Waals surface area (Å²) in [5.74, 6) is -3.88. The number of hydrazine groups is 1. The van der Waals surface area contributed by atoms with E-state index in [0.717, 1.165) is 12.1 Å². The lowest BCUT2D eigenvalue weighted by Gasteiger charge is -2.29. The van der Waals surface area contributed by atoms with E-state index in [1.807, 2.05) is 0 Å². The van der Waals surface area contributed by atoms with Crippen molar-refractivity contribution < 1.29 is 24.1 Å². The molecule has 37 heavy (non-hydrogen) atoms. The van der Waals surface area contributed by atoms with Crippen molar-refractivity contribution in [2.24, 2.45) is 0 Å². The molecule has 3 amide bonds. The fourth-order valence-corrected chi connectivity index (χ4v) is 4.79. The van der Waals surface area contributed by atoms with Gasteiger partial charge >= 0.3 is 0 Å². The molecule has 4 rings (SSSR count). The number of hydrogen-bond donors (Lipinski definition) is 0. The van der Waals surface area contributed by atoms with Crippen molar-refractivity contribution >= 4 is 87.2 Å². The number of imide groups is 1. The summed E-state index contributed by atoms with van der Waals surface area (Å²) in [6.07, 6.45) is 0. The molecule has 3 aromatic carbocycles. The first kappa shape index (κ1) is 26.8. The van der Waals surface area contributed by atoms with Gasteiger partial charge in [-0.2, -0.15) is 5.01 Å². The number of non-ortho nitro benzene ring substituents is 1. The summed E-state index contributed by atoms with van der Waals surface area (Å²) in [6.45, 7) is -0.829. The lowest BCUT2D eigenvalue weighted by molar-refractivity contribution is -0.384. The van der Waals surface area contributed by atoms with Crippen LogP contribution in [0.5, 0.6) is 0 Å². The van der Waals surface area contributed by atoms with Crippen LogP contribution in [0, 0.1) is 10.1 Å². The quantitative estimate of drug-likeness (QED) is 0.0806. The topological polar surface area (TPSA) is 118 Å². The first-order valence-electron chi connectivity index (χ1n) is 10.0. The minimum absolute atomic E-state index is 0.0148. The van der Waals surface area contributed by atoms with Gasteiger partial charge in [0.1, 0.15) is 6.54 Å². The summed E-state index contributed by atoms with van der Waals surface area (Å²) in [5.41, 5.74) is -1.21. The number of halogens is 5. The third-order valence-corrected chi connectivity index (χ3v) is 7.48. The second kappa shape index (κ2) is 10.3. The molecule has 0 aromatic heterocycles. The highest BCUT2D eigenvalue weighted by atomic mass is 35.5. The summed E-state index contributed by atoms with van der Waals surface area (Å²) < 4.78 is 0. The van der Waals surface area contributed by atoms with Crippen molar-refractivity contribution in [3.8, 4) is 0 Å². The molecule has 0 radical (unpaired) electrons. The second-order valence-electron chi connectivity index (χ2n) is 7.50. The van der Waals surface area contributed by atoms with Crippen LogP contribution in [-0.4, -0.2) is 45.0 Å². The standard InChI is InChI=1S/C23H10Cl5N3O6/c24-13-4-2-1-3-12(13)21(33)29(9-14(32)10-5-7-11(8-6-10)31(36)37)30-22(34)15-16(23(30)35)18(26)20(28)19(27)17(15)25/h1-8H,9H2. The zero-order valence-electron chi connectivity index (χ0n) is 18.0. The molecule has 3 aromatic rings. The van der Waals surface area contributed by atoms with Crippen molar-refractivity contribution in [1.29, 1.82) is 0 Å². The summed E-state index contributed by atoms with van der Waals surface area (Å²) >= 11 is 30.6. The van der Waals surface area contributed by atoms with Gasteiger partial charge in [0, 0.05) is 17.7 Å². The van der Waals surface area contributed by atoms with E-state index in [1.54, 1.807) is 6.07 Å². The maximum absolute atomic E-state index is 13.5. The molecule has 0 fully saturated rings. The number of carbonyl (C=O) groups excluding carboxylic acids is 4. The smallest absolute Gasteiger partial charge is 0.282 e. The normalized spacial score (nSPS) is 12.5. The van der Waals surface area contributed by atoms with Gasteiger partial charge in [0.25, 0.3) is 23.4 Å². The monoisotopic (exact) mass is 599 g/mol. The third kappa shape index (κ3) is 4.65. The molecule has 0 N–H and O–H groups in total. The highest BCUT2D eigenvalue weighted by Gasteiger charge is 2.46. The highest BCUT2D eigenvalue weighted by Crippen LogP contribution is 2.45. The SMILES string of the molecule is O=C(CN(C(=O)c1ccccc1Cl)N1C(=O)c2c(Cl)c(Cl)c(Cl)c(Cl)c2C1=O)c1ccc([N+](=O)[O-])cc1. The number of benzene rings is 3. The molecule has 188 valence electrons. The summed E-state index contributed by atoms with van der Waals surface area (Å²) in [5, 5.41) is 10.6. The van der Waals surface area contributed by atoms with Gasteiger partial charge in [-0.15, -0.1) is 0 Å². The van der Waals surface area contributed by atoms with Crippen LogP contribution in [0.3, 0.4) is 0 Å². The Balaban J connectivity index is 1.81. The van der Waals surface area contributed by atoms with Crippen LogP contribution in [0.15, 0.2) is 48.5 Å². The molecule has 0 atom stereocenters. The number of nitro benzene ring substituents is 1. The average molecular weight is 602 g/mol. The second-order valence-corrected chi connectivity index (χ2v) is 9.42. The van der Waals surface area contributed by atoms with Crippen LogP contribution < -0.4 is 0 Å². The fourth-order valence-electron chi connectivity index (χ4n) is 3.56. The van der Waals surface area contributed by atoms with E-state index in [0.29, 0.717) is 10.0 Å². The lowest BCUT2D eigenvalue weighted by Crippen LogP contribution is -2.51. The van der Waals surface area contributed by atoms with Gasteiger partial charge in [-0.25, -0.2) is 5.01 Å². The zero-order valence-corrected chi connectivity index (χ0v) is 21.8. The van der Waals surface area contributed by atoms with Gasteiger partial charge in [-0.05, 0) is 24.3 Å². The predicted molar refractivity (Wildman–Crippen MR) is 137 cm³/mol. The third-order valence-electron chi connectivity index (χ3n) is 5.35. The van der Waals surface area contributed by atoms with E-state index in [2.05, 4.69) is 0 Å². The first-order chi connectivity index (χ1) is 17.5. The number of amides is 3. The van der Waals surface area contributed by atoms with E-state index < -0.39 is 46.1 Å². The number of Topliss-reactive ketones (excluding diaryl/α,β-unsaturated/α-hetero) is 1. The lowest BCUT2D eigenvalue weighted by atomic mass is 10.1. The van der Waals surface area contributed by atoms with Crippen molar-refractivity contribution in [1.82, 2.24) is 10.0 Å². The van der Waals surface area contributed by atoms with E-state index in [9.17, 15) is 29.3 Å². The maximum Gasteiger partial charge on any atom is 0.282 e. The van der Waals surface area contributed by atoms with Crippen LogP contribution in [0.4, 0.5) is 5.69 Å². The molecule has 0 bridgehead atoms. The van der Waals surface area contributed by atoms with E-state index in [1.165, 1.54) is 30.3 Å². The Labute approximate surface area is 233 Å². The molecule has 0 unspecified atom stereocenters. The zero-order chi connectivity index (χ0) is 27.2. The number of nitro groups is 1. The van der Waals surface area contributed by atoms with Crippen LogP contribution >= 0.6 is 58.0 Å².